The van der Waals surface area contributed by atoms with E-state index in [0.717, 1.165) is 23.2 Å². The Kier molecular flexibility index (Phi) is 6.32. The number of amides is 2. The molecule has 152 valence electrons. The molecule has 1 aliphatic heterocycles. The van der Waals surface area contributed by atoms with E-state index in [-0.39, 0.29) is 24.2 Å². The number of carbonyl (C=O) groups excluding carboxylic acids is 3. The third kappa shape index (κ3) is 5.02. The summed E-state index contributed by atoms with van der Waals surface area (Å²) in [7, 11) is 0. The molecule has 0 aromatic heterocycles. The SMILES string of the molecule is CCCOC(=O)c1ccc(NC(=O)C2CC(=O)N(c3cc(C)cc(C)c3)C2)cc1. The van der Waals surface area contributed by atoms with E-state index in [1.54, 1.807) is 29.2 Å². The molecule has 6 nitrogen and oxygen atoms in total. The number of anilines is 2. The van der Waals surface area contributed by atoms with Crippen molar-refractivity contribution in [2.75, 3.05) is 23.4 Å². The number of aryl methyl sites for hydroxylation is 2. The topological polar surface area (TPSA) is 75.7 Å². The summed E-state index contributed by atoms with van der Waals surface area (Å²) >= 11 is 0. The van der Waals surface area contributed by atoms with Crippen molar-refractivity contribution >= 4 is 29.2 Å². The quantitative estimate of drug-likeness (QED) is 0.755. The molecule has 0 aliphatic carbocycles. The summed E-state index contributed by atoms with van der Waals surface area (Å²) in [5, 5.41) is 2.84. The molecule has 1 aliphatic rings. The number of hydrogen-bond acceptors (Lipinski definition) is 4. The Morgan fingerprint density at radius 2 is 1.76 bits per heavy atom. The van der Waals surface area contributed by atoms with Crippen LogP contribution in [0.5, 0.6) is 0 Å². The van der Waals surface area contributed by atoms with E-state index in [4.69, 9.17) is 4.74 Å². The average molecular weight is 394 g/mol. The molecule has 0 saturated carbocycles. The van der Waals surface area contributed by atoms with Crippen LogP contribution in [0.25, 0.3) is 0 Å². The first kappa shape index (κ1) is 20.6. The van der Waals surface area contributed by atoms with Gasteiger partial charge in [0.15, 0.2) is 0 Å². The Hall–Kier alpha value is -3.15. The standard InChI is InChI=1S/C23H26N2O4/c1-4-9-29-23(28)17-5-7-19(8-6-17)24-22(27)18-13-21(26)25(14-18)20-11-15(2)10-16(3)12-20/h5-8,10-12,18H,4,9,13-14H2,1-3H3,(H,24,27). The van der Waals surface area contributed by atoms with Crippen LogP contribution in [0.15, 0.2) is 42.5 Å². The van der Waals surface area contributed by atoms with Gasteiger partial charge in [-0.2, -0.15) is 0 Å². The Labute approximate surface area is 170 Å². The number of carbonyl (C=O) groups is 3. The molecule has 1 atom stereocenters. The lowest BCUT2D eigenvalue weighted by atomic mass is 10.1. The summed E-state index contributed by atoms with van der Waals surface area (Å²) in [6.45, 7) is 6.64. The van der Waals surface area contributed by atoms with Crippen molar-refractivity contribution in [3.05, 3.63) is 59.2 Å². The third-order valence-corrected chi connectivity index (χ3v) is 4.84. The molecule has 2 amide bonds. The molecule has 0 radical (unpaired) electrons. The third-order valence-electron chi connectivity index (χ3n) is 4.84. The van der Waals surface area contributed by atoms with Gasteiger partial charge in [-0.05, 0) is 67.8 Å². The number of esters is 1. The van der Waals surface area contributed by atoms with Crippen molar-refractivity contribution in [1.82, 2.24) is 0 Å². The minimum Gasteiger partial charge on any atom is -0.462 e. The van der Waals surface area contributed by atoms with E-state index in [1.807, 2.05) is 32.9 Å². The Morgan fingerprint density at radius 3 is 2.38 bits per heavy atom. The second-order valence-corrected chi connectivity index (χ2v) is 7.45. The summed E-state index contributed by atoms with van der Waals surface area (Å²) < 4.78 is 5.09. The molecule has 1 heterocycles. The van der Waals surface area contributed by atoms with E-state index in [9.17, 15) is 14.4 Å². The summed E-state index contributed by atoms with van der Waals surface area (Å²) in [5.41, 5.74) is 4.02. The molecule has 1 unspecified atom stereocenters. The molecule has 3 rings (SSSR count). The maximum Gasteiger partial charge on any atom is 0.338 e. The average Bonchev–Trinajstić information content (AvgIpc) is 3.08. The lowest BCUT2D eigenvalue weighted by molar-refractivity contribution is -0.122. The molecule has 2 aromatic rings. The van der Waals surface area contributed by atoms with Gasteiger partial charge in [0.25, 0.3) is 0 Å². The molecular weight excluding hydrogens is 368 g/mol. The van der Waals surface area contributed by atoms with Crippen LogP contribution >= 0.6 is 0 Å². The molecule has 6 heteroatoms. The van der Waals surface area contributed by atoms with E-state index in [0.29, 0.717) is 24.4 Å². The van der Waals surface area contributed by atoms with Crippen molar-refractivity contribution < 1.29 is 19.1 Å². The Morgan fingerprint density at radius 1 is 1.10 bits per heavy atom. The van der Waals surface area contributed by atoms with Crippen molar-refractivity contribution in [3.8, 4) is 0 Å². The molecule has 1 saturated heterocycles. The summed E-state index contributed by atoms with van der Waals surface area (Å²) in [6.07, 6.45) is 0.944. The second-order valence-electron chi connectivity index (χ2n) is 7.45. The zero-order valence-electron chi connectivity index (χ0n) is 17.0. The second kappa shape index (κ2) is 8.90. The van der Waals surface area contributed by atoms with Crippen LogP contribution in [0.1, 0.15) is 41.3 Å². The first-order valence-corrected chi connectivity index (χ1v) is 9.84. The number of hydrogen-bond donors (Lipinski definition) is 1. The smallest absolute Gasteiger partial charge is 0.338 e. The largest absolute Gasteiger partial charge is 0.462 e. The first-order valence-electron chi connectivity index (χ1n) is 9.84. The molecule has 0 spiro atoms. The van der Waals surface area contributed by atoms with Crippen LogP contribution in [-0.2, 0) is 14.3 Å². The van der Waals surface area contributed by atoms with E-state index < -0.39 is 5.92 Å². The van der Waals surface area contributed by atoms with Crippen LogP contribution in [-0.4, -0.2) is 30.9 Å². The van der Waals surface area contributed by atoms with Crippen molar-refractivity contribution in [2.24, 2.45) is 5.92 Å². The van der Waals surface area contributed by atoms with Gasteiger partial charge in [0.1, 0.15) is 0 Å². The minimum atomic E-state index is -0.419. The number of nitrogens with one attached hydrogen (secondary N) is 1. The van der Waals surface area contributed by atoms with Gasteiger partial charge < -0.3 is 15.0 Å². The Bertz CT molecular complexity index is 901. The fourth-order valence-electron chi connectivity index (χ4n) is 3.45. The molecule has 29 heavy (non-hydrogen) atoms. The van der Waals surface area contributed by atoms with Crippen LogP contribution in [0.3, 0.4) is 0 Å². The van der Waals surface area contributed by atoms with Crippen molar-refractivity contribution in [1.29, 1.82) is 0 Å². The van der Waals surface area contributed by atoms with Gasteiger partial charge >= 0.3 is 5.97 Å². The van der Waals surface area contributed by atoms with Crippen molar-refractivity contribution in [2.45, 2.75) is 33.6 Å². The Balaban J connectivity index is 1.62. The molecule has 2 aromatic carbocycles. The summed E-state index contributed by atoms with van der Waals surface area (Å²) in [5.74, 6) is -1.05. The molecule has 1 N–H and O–H groups in total. The monoisotopic (exact) mass is 394 g/mol. The number of ether oxygens (including phenoxy) is 1. The van der Waals surface area contributed by atoms with Gasteiger partial charge in [-0.25, -0.2) is 4.79 Å². The van der Waals surface area contributed by atoms with E-state index >= 15 is 0 Å². The normalized spacial score (nSPS) is 16.0. The highest BCUT2D eigenvalue weighted by Crippen LogP contribution is 2.27. The molecule has 1 fully saturated rings. The van der Waals surface area contributed by atoms with E-state index in [2.05, 4.69) is 11.4 Å². The van der Waals surface area contributed by atoms with Gasteiger partial charge in [-0.15, -0.1) is 0 Å². The fourth-order valence-corrected chi connectivity index (χ4v) is 3.45. The lowest BCUT2D eigenvalue weighted by Gasteiger charge is -2.18. The zero-order chi connectivity index (χ0) is 21.0. The van der Waals surface area contributed by atoms with Gasteiger partial charge in [-0.1, -0.05) is 13.0 Å². The van der Waals surface area contributed by atoms with Crippen LogP contribution in [0.2, 0.25) is 0 Å². The number of benzene rings is 2. The zero-order valence-corrected chi connectivity index (χ0v) is 17.0. The van der Waals surface area contributed by atoms with Crippen LogP contribution < -0.4 is 10.2 Å². The molecule has 0 bridgehead atoms. The van der Waals surface area contributed by atoms with E-state index in [1.165, 1.54) is 0 Å². The fraction of sp³-hybridized carbons (Fsp3) is 0.348. The first-order chi connectivity index (χ1) is 13.9. The predicted octanol–water partition coefficient (Wildman–Crippen LogP) is 3.86. The van der Waals surface area contributed by atoms with Gasteiger partial charge in [0.2, 0.25) is 11.8 Å². The lowest BCUT2D eigenvalue weighted by Crippen LogP contribution is -2.28. The minimum absolute atomic E-state index is 0.0517. The van der Waals surface area contributed by atoms with Crippen molar-refractivity contribution in [3.63, 3.8) is 0 Å². The predicted molar refractivity (Wildman–Crippen MR) is 112 cm³/mol. The highest BCUT2D eigenvalue weighted by atomic mass is 16.5. The van der Waals surface area contributed by atoms with Crippen LogP contribution in [0.4, 0.5) is 11.4 Å². The highest BCUT2D eigenvalue weighted by molar-refractivity contribution is 6.03. The van der Waals surface area contributed by atoms with Crippen LogP contribution in [0, 0.1) is 19.8 Å². The van der Waals surface area contributed by atoms with Gasteiger partial charge in [0.05, 0.1) is 18.1 Å². The highest BCUT2D eigenvalue weighted by Gasteiger charge is 2.35. The van der Waals surface area contributed by atoms with Gasteiger partial charge in [0, 0.05) is 24.3 Å². The summed E-state index contributed by atoms with van der Waals surface area (Å²) in [6, 6.07) is 12.5. The molecular formula is C23H26N2O4. The maximum absolute atomic E-state index is 12.6. The summed E-state index contributed by atoms with van der Waals surface area (Å²) in [4.78, 5) is 38.6. The van der Waals surface area contributed by atoms with Gasteiger partial charge in [-0.3, -0.25) is 9.59 Å². The number of nitrogens with zero attached hydrogens (tertiary/aromatic N) is 1. The number of rotatable bonds is 6. The maximum atomic E-state index is 12.6.